The van der Waals surface area contributed by atoms with Crippen LogP contribution in [-0.2, 0) is 0 Å². The average Bonchev–Trinajstić information content (AvgIpc) is 2.22. The van der Waals surface area contributed by atoms with Gasteiger partial charge in [-0.05, 0) is 5.75 Å². The molecule has 1 aliphatic heterocycles. The lowest BCUT2D eigenvalue weighted by Gasteiger charge is -1.85. The van der Waals surface area contributed by atoms with Gasteiger partial charge in [-0.2, -0.15) is 0 Å². The Labute approximate surface area is 53.4 Å². The van der Waals surface area contributed by atoms with Gasteiger partial charge in [0.2, 0.25) is 0 Å². The van der Waals surface area contributed by atoms with E-state index in [1.54, 1.807) is 0 Å². The largest absolute Gasteiger partial charge is 0.147 e. The Balaban J connectivity index is 1.98. The van der Waals surface area contributed by atoms with Crippen molar-refractivity contribution in [3.8, 4) is 0 Å². The molecule has 0 aromatic heterocycles. The molecule has 1 heterocycles. The molecule has 0 nitrogen and oxygen atoms in total. The quantitative estimate of drug-likeness (QED) is 0.531. The van der Waals surface area contributed by atoms with Crippen LogP contribution in [0.5, 0.6) is 0 Å². The first-order valence-corrected chi connectivity index (χ1v) is 4.61. The van der Waals surface area contributed by atoms with Crippen LogP contribution in [-0.4, -0.2) is 15.6 Å². The summed E-state index contributed by atoms with van der Waals surface area (Å²) in [6.45, 7) is 4.51. The van der Waals surface area contributed by atoms with Crippen LogP contribution in [0.25, 0.3) is 0 Å². The van der Waals surface area contributed by atoms with Crippen LogP contribution in [0.15, 0.2) is 0 Å². The third-order valence-electron chi connectivity index (χ3n) is 0.986. The summed E-state index contributed by atoms with van der Waals surface area (Å²) in [5.74, 6) is 1.28. The molecule has 0 aliphatic carbocycles. The molecule has 0 amide bonds. The Morgan fingerprint density at radius 1 is 1.71 bits per heavy atom. The topological polar surface area (TPSA) is 0 Å². The summed E-state index contributed by atoms with van der Waals surface area (Å²) in [6, 6.07) is 0. The SMILES string of the molecule is CCSC1SC1C. The van der Waals surface area contributed by atoms with Crippen molar-refractivity contribution < 1.29 is 0 Å². The lowest BCUT2D eigenvalue weighted by atomic mass is 10.6. The van der Waals surface area contributed by atoms with Crippen molar-refractivity contribution in [1.82, 2.24) is 0 Å². The number of hydrogen-bond acceptors (Lipinski definition) is 2. The molecule has 2 atom stereocenters. The first-order valence-electron chi connectivity index (χ1n) is 2.61. The molecule has 0 spiro atoms. The molecule has 0 saturated carbocycles. The van der Waals surface area contributed by atoms with E-state index in [0.29, 0.717) is 0 Å². The van der Waals surface area contributed by atoms with E-state index in [1.807, 2.05) is 0 Å². The van der Waals surface area contributed by atoms with Gasteiger partial charge in [-0.3, -0.25) is 0 Å². The third-order valence-corrected chi connectivity index (χ3v) is 4.03. The van der Waals surface area contributed by atoms with E-state index < -0.39 is 0 Å². The highest BCUT2D eigenvalue weighted by Gasteiger charge is 2.33. The highest BCUT2D eigenvalue weighted by molar-refractivity contribution is 8.23. The average molecular weight is 134 g/mol. The van der Waals surface area contributed by atoms with E-state index in [0.717, 1.165) is 9.83 Å². The van der Waals surface area contributed by atoms with Crippen molar-refractivity contribution in [2.45, 2.75) is 23.7 Å². The molecular formula is C5H10S2. The van der Waals surface area contributed by atoms with Crippen molar-refractivity contribution >= 4 is 23.5 Å². The lowest BCUT2D eigenvalue weighted by Crippen LogP contribution is -1.80. The van der Waals surface area contributed by atoms with Crippen molar-refractivity contribution in [2.75, 3.05) is 5.75 Å². The van der Waals surface area contributed by atoms with Crippen molar-refractivity contribution in [3.05, 3.63) is 0 Å². The van der Waals surface area contributed by atoms with Gasteiger partial charge in [0.15, 0.2) is 0 Å². The standard InChI is InChI=1S/C5H10S2/c1-3-6-5-4(2)7-5/h4-5H,3H2,1-2H3. The van der Waals surface area contributed by atoms with Crippen LogP contribution in [0, 0.1) is 0 Å². The molecular weight excluding hydrogens is 124 g/mol. The first kappa shape index (κ1) is 5.83. The molecule has 1 rings (SSSR count). The maximum Gasteiger partial charge on any atom is 0.0621 e. The van der Waals surface area contributed by atoms with Crippen LogP contribution in [0.3, 0.4) is 0 Å². The Morgan fingerprint density at radius 2 is 2.29 bits per heavy atom. The molecule has 1 fully saturated rings. The van der Waals surface area contributed by atoms with Crippen molar-refractivity contribution in [3.63, 3.8) is 0 Å². The first-order chi connectivity index (χ1) is 3.34. The molecule has 2 heteroatoms. The second-order valence-electron chi connectivity index (χ2n) is 1.66. The van der Waals surface area contributed by atoms with E-state index in [2.05, 4.69) is 37.4 Å². The second-order valence-corrected chi connectivity index (χ2v) is 4.91. The highest BCUT2D eigenvalue weighted by Crippen LogP contribution is 2.48. The van der Waals surface area contributed by atoms with Gasteiger partial charge in [-0.25, -0.2) is 0 Å². The van der Waals surface area contributed by atoms with Crippen LogP contribution >= 0.6 is 23.5 Å². The number of rotatable bonds is 2. The summed E-state index contributed by atoms with van der Waals surface area (Å²) in [7, 11) is 0. The van der Waals surface area contributed by atoms with E-state index in [-0.39, 0.29) is 0 Å². The predicted octanol–water partition coefficient (Wildman–Crippen LogP) is 2.20. The number of thioether (sulfide) groups is 2. The normalized spacial score (nSPS) is 38.6. The third kappa shape index (κ3) is 1.57. The fourth-order valence-corrected chi connectivity index (χ4v) is 2.92. The van der Waals surface area contributed by atoms with Crippen LogP contribution < -0.4 is 0 Å². The highest BCUT2D eigenvalue weighted by atomic mass is 32.2. The van der Waals surface area contributed by atoms with Gasteiger partial charge in [0.05, 0.1) is 4.58 Å². The lowest BCUT2D eigenvalue weighted by molar-refractivity contribution is 1.20. The summed E-state index contributed by atoms with van der Waals surface area (Å²) >= 11 is 4.15. The minimum Gasteiger partial charge on any atom is -0.147 e. The summed E-state index contributed by atoms with van der Waals surface area (Å²) < 4.78 is 0.949. The van der Waals surface area contributed by atoms with Gasteiger partial charge in [-0.1, -0.05) is 13.8 Å². The Morgan fingerprint density at radius 3 is 2.43 bits per heavy atom. The van der Waals surface area contributed by atoms with E-state index >= 15 is 0 Å². The van der Waals surface area contributed by atoms with E-state index in [9.17, 15) is 0 Å². The molecule has 0 N–H and O–H groups in total. The summed E-state index contributed by atoms with van der Waals surface area (Å²) in [4.78, 5) is 0. The van der Waals surface area contributed by atoms with Crippen molar-refractivity contribution in [2.24, 2.45) is 0 Å². The van der Waals surface area contributed by atoms with E-state index in [1.165, 1.54) is 5.75 Å². The zero-order valence-electron chi connectivity index (χ0n) is 4.68. The fraction of sp³-hybridized carbons (Fsp3) is 1.00. The van der Waals surface area contributed by atoms with Gasteiger partial charge in [0, 0.05) is 5.25 Å². The van der Waals surface area contributed by atoms with Gasteiger partial charge >= 0.3 is 0 Å². The molecule has 7 heavy (non-hydrogen) atoms. The molecule has 0 aromatic rings. The van der Waals surface area contributed by atoms with E-state index in [4.69, 9.17) is 0 Å². The Hall–Kier alpha value is 0.700. The van der Waals surface area contributed by atoms with Gasteiger partial charge < -0.3 is 0 Å². The number of hydrogen-bond donors (Lipinski definition) is 0. The van der Waals surface area contributed by atoms with Gasteiger partial charge in [0.25, 0.3) is 0 Å². The molecule has 0 radical (unpaired) electrons. The Bertz CT molecular complexity index is 63.1. The monoisotopic (exact) mass is 134 g/mol. The molecule has 42 valence electrons. The zero-order chi connectivity index (χ0) is 5.28. The molecule has 0 aromatic carbocycles. The maximum absolute atomic E-state index is 2.29. The predicted molar refractivity (Wildman–Crippen MR) is 39.0 cm³/mol. The second kappa shape index (κ2) is 2.31. The van der Waals surface area contributed by atoms with Crippen molar-refractivity contribution in [1.29, 1.82) is 0 Å². The smallest absolute Gasteiger partial charge is 0.0621 e. The summed E-state index contributed by atoms with van der Waals surface area (Å²) in [5.41, 5.74) is 0. The minimum absolute atomic E-state index is 0.949. The Kier molecular flexibility index (Phi) is 1.93. The fourth-order valence-electron chi connectivity index (χ4n) is 0.505. The summed E-state index contributed by atoms with van der Waals surface area (Å²) in [5, 5.41) is 0.949. The van der Waals surface area contributed by atoms with Gasteiger partial charge in [0.1, 0.15) is 0 Å². The van der Waals surface area contributed by atoms with Gasteiger partial charge in [-0.15, -0.1) is 23.5 Å². The van der Waals surface area contributed by atoms with Crippen LogP contribution in [0.2, 0.25) is 0 Å². The van der Waals surface area contributed by atoms with Crippen LogP contribution in [0.4, 0.5) is 0 Å². The summed E-state index contributed by atoms with van der Waals surface area (Å²) in [6.07, 6.45) is 0. The molecule has 2 unspecified atom stereocenters. The zero-order valence-corrected chi connectivity index (χ0v) is 6.31. The maximum atomic E-state index is 2.29. The molecule has 1 aliphatic rings. The molecule has 1 saturated heterocycles. The minimum atomic E-state index is 0.949. The molecule has 0 bridgehead atoms. The van der Waals surface area contributed by atoms with Crippen LogP contribution in [0.1, 0.15) is 13.8 Å².